The molecule has 0 aliphatic heterocycles. The minimum absolute atomic E-state index is 0.129. The molecule has 0 radical (unpaired) electrons. The highest BCUT2D eigenvalue weighted by molar-refractivity contribution is 4.97. The number of allylic oxidation sites excluding steroid dienone is 1. The highest BCUT2D eigenvalue weighted by Crippen LogP contribution is 2.43. The van der Waals surface area contributed by atoms with E-state index in [1.165, 1.54) is 0 Å². The van der Waals surface area contributed by atoms with Gasteiger partial charge in [-0.05, 0) is 13.0 Å². The Hall–Kier alpha value is -0.890. The van der Waals surface area contributed by atoms with Gasteiger partial charge in [0, 0.05) is 6.42 Å². The van der Waals surface area contributed by atoms with Crippen LogP contribution in [0.25, 0.3) is 0 Å². The Labute approximate surface area is 90.1 Å². The highest BCUT2D eigenvalue weighted by atomic mass is 19.4. The standard InChI is InChI=1S/C8H7F9/c1-6(11,8(15,16)17)3-4(2-5(9)10)7(12,13)14/h2,4H,3H2,1H3. The maximum absolute atomic E-state index is 12.9. The van der Waals surface area contributed by atoms with Gasteiger partial charge in [0.1, 0.15) is 0 Å². The molecule has 0 aromatic rings. The van der Waals surface area contributed by atoms with E-state index >= 15 is 0 Å². The lowest BCUT2D eigenvalue weighted by molar-refractivity contribution is -0.243. The number of alkyl halides is 7. The average Bonchev–Trinajstić information content (AvgIpc) is 1.97. The molecule has 2 atom stereocenters. The molecule has 0 nitrogen and oxygen atoms in total. The van der Waals surface area contributed by atoms with E-state index in [4.69, 9.17) is 0 Å². The lowest BCUT2D eigenvalue weighted by atomic mass is 9.92. The van der Waals surface area contributed by atoms with Gasteiger partial charge in [0.2, 0.25) is 5.67 Å². The van der Waals surface area contributed by atoms with Crippen LogP contribution in [-0.2, 0) is 0 Å². The van der Waals surface area contributed by atoms with Gasteiger partial charge in [-0.3, -0.25) is 0 Å². The molecule has 0 saturated carbocycles. The normalized spacial score (nSPS) is 18.5. The lowest BCUT2D eigenvalue weighted by Gasteiger charge is -2.27. The molecule has 0 rings (SSSR count). The van der Waals surface area contributed by atoms with Gasteiger partial charge in [-0.25, -0.2) is 4.39 Å². The fourth-order valence-corrected chi connectivity index (χ4v) is 0.950. The van der Waals surface area contributed by atoms with E-state index in [1.807, 2.05) is 0 Å². The maximum Gasteiger partial charge on any atom is 0.422 e. The van der Waals surface area contributed by atoms with Crippen LogP contribution in [0.3, 0.4) is 0 Å². The second-order valence-corrected chi connectivity index (χ2v) is 3.50. The molecule has 0 aliphatic carbocycles. The molecule has 0 saturated heterocycles. The third-order valence-electron chi connectivity index (χ3n) is 1.94. The van der Waals surface area contributed by atoms with Gasteiger partial charge in [0.25, 0.3) is 6.08 Å². The van der Waals surface area contributed by atoms with E-state index in [0.717, 1.165) is 0 Å². The first-order valence-electron chi connectivity index (χ1n) is 4.12. The van der Waals surface area contributed by atoms with E-state index in [-0.39, 0.29) is 6.92 Å². The summed E-state index contributed by atoms with van der Waals surface area (Å²) in [5.74, 6) is -3.19. The molecule has 17 heavy (non-hydrogen) atoms. The summed E-state index contributed by atoms with van der Waals surface area (Å²) in [6.45, 7) is -0.129. The summed E-state index contributed by atoms with van der Waals surface area (Å²) < 4.78 is 108. The smallest absolute Gasteiger partial charge is 0.234 e. The van der Waals surface area contributed by atoms with Crippen molar-refractivity contribution in [3.05, 3.63) is 12.2 Å². The largest absolute Gasteiger partial charge is 0.422 e. The Kier molecular flexibility index (Phi) is 4.52. The van der Waals surface area contributed by atoms with Crippen LogP contribution in [0.5, 0.6) is 0 Å². The topological polar surface area (TPSA) is 0 Å². The van der Waals surface area contributed by atoms with Crippen molar-refractivity contribution in [1.29, 1.82) is 0 Å². The zero-order valence-electron chi connectivity index (χ0n) is 8.26. The van der Waals surface area contributed by atoms with Crippen molar-refractivity contribution in [3.63, 3.8) is 0 Å². The molecule has 0 spiro atoms. The molecule has 0 N–H and O–H groups in total. The zero-order chi connectivity index (χ0) is 14.1. The van der Waals surface area contributed by atoms with Crippen molar-refractivity contribution in [2.45, 2.75) is 31.4 Å². The van der Waals surface area contributed by atoms with Gasteiger partial charge in [0.05, 0.1) is 5.92 Å². The molecule has 0 amide bonds. The SMILES string of the molecule is CC(F)(CC(C=C(F)F)C(F)(F)F)C(F)(F)F. The highest BCUT2D eigenvalue weighted by Gasteiger charge is 2.56. The van der Waals surface area contributed by atoms with Crippen molar-refractivity contribution in [3.8, 4) is 0 Å². The molecule has 0 aromatic carbocycles. The molecule has 0 heterocycles. The van der Waals surface area contributed by atoms with Crippen LogP contribution in [0.2, 0.25) is 0 Å². The molecular weight excluding hydrogens is 267 g/mol. The Morgan fingerprint density at radius 1 is 1.00 bits per heavy atom. The molecule has 2 unspecified atom stereocenters. The number of rotatable bonds is 3. The number of hydrogen-bond acceptors (Lipinski definition) is 0. The maximum atomic E-state index is 12.9. The molecule has 9 heteroatoms. The second kappa shape index (κ2) is 4.77. The van der Waals surface area contributed by atoms with Gasteiger partial charge in [-0.1, -0.05) is 0 Å². The summed E-state index contributed by atoms with van der Waals surface area (Å²) in [5.41, 5.74) is -4.20. The van der Waals surface area contributed by atoms with Gasteiger partial charge >= 0.3 is 12.4 Å². The summed E-state index contributed by atoms with van der Waals surface area (Å²) in [6, 6.07) is 0. The van der Waals surface area contributed by atoms with E-state index in [2.05, 4.69) is 0 Å². The van der Waals surface area contributed by atoms with Crippen LogP contribution in [0.4, 0.5) is 39.5 Å². The van der Waals surface area contributed by atoms with Gasteiger partial charge in [-0.15, -0.1) is 0 Å². The minimum atomic E-state index is -5.56. The minimum Gasteiger partial charge on any atom is -0.234 e. The second-order valence-electron chi connectivity index (χ2n) is 3.50. The zero-order valence-corrected chi connectivity index (χ0v) is 8.26. The van der Waals surface area contributed by atoms with Crippen LogP contribution < -0.4 is 0 Å². The Balaban J connectivity index is 5.09. The fourth-order valence-electron chi connectivity index (χ4n) is 0.950. The Morgan fingerprint density at radius 3 is 1.65 bits per heavy atom. The van der Waals surface area contributed by atoms with Crippen molar-refractivity contribution in [1.82, 2.24) is 0 Å². The molecular formula is C8H7F9. The predicted octanol–water partition coefficient (Wildman–Crippen LogP) is 4.63. The van der Waals surface area contributed by atoms with Gasteiger partial charge in [-0.2, -0.15) is 35.1 Å². The summed E-state index contributed by atoms with van der Waals surface area (Å²) in [5, 5.41) is 0. The lowest BCUT2D eigenvalue weighted by Crippen LogP contribution is -2.41. The summed E-state index contributed by atoms with van der Waals surface area (Å²) >= 11 is 0. The summed E-state index contributed by atoms with van der Waals surface area (Å²) in [7, 11) is 0. The van der Waals surface area contributed by atoms with Crippen molar-refractivity contribution >= 4 is 0 Å². The van der Waals surface area contributed by atoms with E-state index in [0.29, 0.717) is 0 Å². The van der Waals surface area contributed by atoms with Gasteiger partial charge in [0.15, 0.2) is 0 Å². The predicted molar refractivity (Wildman–Crippen MR) is 40.0 cm³/mol. The van der Waals surface area contributed by atoms with Crippen LogP contribution in [-0.4, -0.2) is 18.0 Å². The third-order valence-corrected chi connectivity index (χ3v) is 1.94. The first-order valence-corrected chi connectivity index (χ1v) is 4.12. The molecule has 102 valence electrons. The first kappa shape index (κ1) is 16.1. The third kappa shape index (κ3) is 4.86. The quantitative estimate of drug-likeness (QED) is 0.658. The number of hydrogen-bond donors (Lipinski definition) is 0. The molecule has 0 bridgehead atoms. The summed E-state index contributed by atoms with van der Waals surface area (Å²) in [6.07, 6.45) is -16.6. The van der Waals surface area contributed by atoms with Gasteiger partial charge < -0.3 is 0 Å². The molecule has 0 aliphatic rings. The van der Waals surface area contributed by atoms with Crippen molar-refractivity contribution < 1.29 is 39.5 Å². The average molecular weight is 274 g/mol. The van der Waals surface area contributed by atoms with Crippen LogP contribution >= 0.6 is 0 Å². The van der Waals surface area contributed by atoms with Crippen LogP contribution in [0.1, 0.15) is 13.3 Å². The Morgan fingerprint density at radius 2 is 1.41 bits per heavy atom. The van der Waals surface area contributed by atoms with E-state index in [9.17, 15) is 39.5 Å². The van der Waals surface area contributed by atoms with E-state index in [1.54, 1.807) is 0 Å². The first-order chi connectivity index (χ1) is 7.27. The monoisotopic (exact) mass is 274 g/mol. The van der Waals surface area contributed by atoms with Crippen LogP contribution in [0, 0.1) is 5.92 Å². The van der Waals surface area contributed by atoms with Crippen LogP contribution in [0.15, 0.2) is 12.2 Å². The summed E-state index contributed by atoms with van der Waals surface area (Å²) in [4.78, 5) is 0. The fraction of sp³-hybridized carbons (Fsp3) is 0.750. The molecule has 0 aromatic heterocycles. The molecule has 0 fully saturated rings. The van der Waals surface area contributed by atoms with E-state index < -0.39 is 42.5 Å². The Bertz CT molecular complexity index is 278. The van der Waals surface area contributed by atoms with Crippen molar-refractivity contribution in [2.75, 3.05) is 0 Å². The van der Waals surface area contributed by atoms with Crippen molar-refractivity contribution in [2.24, 2.45) is 5.92 Å². The number of halogens is 9.